The second-order valence-electron chi connectivity index (χ2n) is 4.44. The van der Waals surface area contributed by atoms with Crippen molar-refractivity contribution in [3.05, 3.63) is 29.1 Å². The second kappa shape index (κ2) is 4.93. The van der Waals surface area contributed by atoms with Crippen LogP contribution in [-0.4, -0.2) is 28.1 Å². The van der Waals surface area contributed by atoms with Crippen molar-refractivity contribution in [3.63, 3.8) is 0 Å². The first-order valence-corrected chi connectivity index (χ1v) is 5.21. The molecule has 1 heterocycles. The minimum absolute atomic E-state index is 0.159. The van der Waals surface area contributed by atoms with Crippen LogP contribution in [0, 0.1) is 18.3 Å². The number of carbonyl (C=O) groups excluding carboxylic acids is 1. The van der Waals surface area contributed by atoms with Crippen LogP contribution in [0.25, 0.3) is 0 Å². The highest BCUT2D eigenvalue weighted by molar-refractivity contribution is 5.92. The lowest BCUT2D eigenvalue weighted by Crippen LogP contribution is -2.46. The molecule has 0 radical (unpaired) electrons. The highest BCUT2D eigenvalue weighted by Gasteiger charge is 2.20. The van der Waals surface area contributed by atoms with Crippen molar-refractivity contribution in [1.82, 2.24) is 10.3 Å². The topological polar surface area (TPSA) is 86.0 Å². The molecule has 5 nitrogen and oxygen atoms in total. The average Bonchev–Trinajstić information content (AvgIpc) is 2.28. The first kappa shape index (κ1) is 13.1. The van der Waals surface area contributed by atoms with Crippen LogP contribution in [0.2, 0.25) is 0 Å². The van der Waals surface area contributed by atoms with Crippen molar-refractivity contribution < 1.29 is 9.90 Å². The highest BCUT2D eigenvalue weighted by Crippen LogP contribution is 2.07. The molecule has 0 fully saturated rings. The van der Waals surface area contributed by atoms with Crippen molar-refractivity contribution in [2.45, 2.75) is 26.3 Å². The number of aliphatic hydroxyl groups is 1. The molecule has 0 atom stereocenters. The zero-order chi connectivity index (χ0) is 13.1. The number of nitriles is 1. The van der Waals surface area contributed by atoms with Gasteiger partial charge in [-0.3, -0.25) is 4.79 Å². The number of hydrogen-bond acceptors (Lipinski definition) is 4. The zero-order valence-corrected chi connectivity index (χ0v) is 10.1. The number of nitrogens with zero attached hydrogens (tertiary/aromatic N) is 2. The summed E-state index contributed by atoms with van der Waals surface area (Å²) in [4.78, 5) is 15.8. The van der Waals surface area contributed by atoms with E-state index in [9.17, 15) is 4.79 Å². The van der Waals surface area contributed by atoms with E-state index in [1.54, 1.807) is 26.8 Å². The third-order valence-corrected chi connectivity index (χ3v) is 2.29. The summed E-state index contributed by atoms with van der Waals surface area (Å²) in [6.07, 6.45) is 0. The fourth-order valence-corrected chi connectivity index (χ4v) is 1.22. The standard InChI is InChI=1S/C12H15N3O2/c1-8-9(6-13)4-5-10(14-8)11(17)15-12(2,3)7-16/h4-5,16H,7H2,1-3H3,(H,15,17). The smallest absolute Gasteiger partial charge is 0.270 e. The highest BCUT2D eigenvalue weighted by atomic mass is 16.3. The molecule has 0 bridgehead atoms. The summed E-state index contributed by atoms with van der Waals surface area (Å²) >= 11 is 0. The lowest BCUT2D eigenvalue weighted by atomic mass is 10.1. The first-order valence-electron chi connectivity index (χ1n) is 5.21. The van der Waals surface area contributed by atoms with Gasteiger partial charge in [-0.25, -0.2) is 4.98 Å². The van der Waals surface area contributed by atoms with Crippen molar-refractivity contribution in [1.29, 1.82) is 5.26 Å². The van der Waals surface area contributed by atoms with Crippen LogP contribution in [0.4, 0.5) is 0 Å². The van der Waals surface area contributed by atoms with E-state index in [-0.39, 0.29) is 18.2 Å². The second-order valence-corrected chi connectivity index (χ2v) is 4.44. The van der Waals surface area contributed by atoms with E-state index in [2.05, 4.69) is 10.3 Å². The molecule has 0 aliphatic heterocycles. The molecule has 1 rings (SSSR count). The van der Waals surface area contributed by atoms with Crippen molar-refractivity contribution in [2.75, 3.05) is 6.61 Å². The molecule has 0 aromatic carbocycles. The molecule has 1 amide bonds. The summed E-state index contributed by atoms with van der Waals surface area (Å²) in [6, 6.07) is 5.04. The molecule has 0 aliphatic rings. The monoisotopic (exact) mass is 233 g/mol. The first-order chi connectivity index (χ1) is 7.89. The fourth-order valence-electron chi connectivity index (χ4n) is 1.22. The van der Waals surface area contributed by atoms with Crippen LogP contribution >= 0.6 is 0 Å². The van der Waals surface area contributed by atoms with Crippen LogP contribution in [0.15, 0.2) is 12.1 Å². The quantitative estimate of drug-likeness (QED) is 0.807. The lowest BCUT2D eigenvalue weighted by molar-refractivity contribution is 0.0864. The molecule has 0 aliphatic carbocycles. The Morgan fingerprint density at radius 1 is 1.59 bits per heavy atom. The van der Waals surface area contributed by atoms with Crippen molar-refractivity contribution in [3.8, 4) is 6.07 Å². The van der Waals surface area contributed by atoms with Gasteiger partial charge in [0, 0.05) is 0 Å². The Hall–Kier alpha value is -1.93. The van der Waals surface area contributed by atoms with E-state index < -0.39 is 5.54 Å². The summed E-state index contributed by atoms with van der Waals surface area (Å²) in [5.41, 5.74) is 0.508. The normalized spacial score (nSPS) is 10.8. The zero-order valence-electron chi connectivity index (χ0n) is 10.1. The number of aliphatic hydroxyl groups excluding tert-OH is 1. The van der Waals surface area contributed by atoms with Gasteiger partial charge in [0.1, 0.15) is 11.8 Å². The van der Waals surface area contributed by atoms with Gasteiger partial charge in [0.15, 0.2) is 0 Å². The Balaban J connectivity index is 2.92. The van der Waals surface area contributed by atoms with Gasteiger partial charge in [-0.1, -0.05) is 0 Å². The molecule has 1 aromatic rings. The number of hydrogen-bond donors (Lipinski definition) is 2. The van der Waals surface area contributed by atoms with Gasteiger partial charge in [-0.15, -0.1) is 0 Å². The number of aromatic nitrogens is 1. The van der Waals surface area contributed by atoms with E-state index in [1.165, 1.54) is 6.07 Å². The Morgan fingerprint density at radius 2 is 2.24 bits per heavy atom. The van der Waals surface area contributed by atoms with Crippen LogP contribution in [-0.2, 0) is 0 Å². The third kappa shape index (κ3) is 3.26. The molecule has 5 heteroatoms. The van der Waals surface area contributed by atoms with Gasteiger partial charge in [-0.2, -0.15) is 5.26 Å². The average molecular weight is 233 g/mol. The van der Waals surface area contributed by atoms with E-state index in [4.69, 9.17) is 10.4 Å². The molecule has 0 spiro atoms. The summed E-state index contributed by atoms with van der Waals surface area (Å²) in [5, 5.41) is 20.4. The molecule has 0 saturated heterocycles. The Bertz CT molecular complexity index is 475. The molecule has 0 saturated carbocycles. The van der Waals surface area contributed by atoms with Gasteiger partial charge in [0.25, 0.3) is 5.91 Å². The number of aryl methyl sites for hydroxylation is 1. The Kier molecular flexibility index (Phi) is 3.81. The van der Waals surface area contributed by atoms with E-state index in [0.717, 1.165) is 0 Å². The number of amides is 1. The van der Waals surface area contributed by atoms with Gasteiger partial charge < -0.3 is 10.4 Å². The minimum atomic E-state index is -0.694. The van der Waals surface area contributed by atoms with Crippen LogP contribution in [0.3, 0.4) is 0 Å². The SMILES string of the molecule is Cc1nc(C(=O)NC(C)(C)CO)ccc1C#N. The predicted molar refractivity (Wildman–Crippen MR) is 62.3 cm³/mol. The molecule has 17 heavy (non-hydrogen) atoms. The van der Waals surface area contributed by atoms with Crippen LogP contribution in [0.5, 0.6) is 0 Å². The van der Waals surface area contributed by atoms with Gasteiger partial charge in [0.05, 0.1) is 23.4 Å². The van der Waals surface area contributed by atoms with Crippen molar-refractivity contribution >= 4 is 5.91 Å². The maximum Gasteiger partial charge on any atom is 0.270 e. The number of nitrogens with one attached hydrogen (secondary N) is 1. The summed E-state index contributed by atoms with van der Waals surface area (Å²) in [7, 11) is 0. The number of rotatable bonds is 3. The molecular formula is C12H15N3O2. The largest absolute Gasteiger partial charge is 0.394 e. The molecule has 1 aromatic heterocycles. The number of carbonyl (C=O) groups is 1. The van der Waals surface area contributed by atoms with Gasteiger partial charge in [-0.05, 0) is 32.9 Å². The summed E-state index contributed by atoms with van der Waals surface area (Å²) in [5.74, 6) is -0.364. The number of pyridine rings is 1. The third-order valence-electron chi connectivity index (χ3n) is 2.29. The molecule has 2 N–H and O–H groups in total. The van der Waals surface area contributed by atoms with Crippen LogP contribution in [0.1, 0.15) is 35.6 Å². The van der Waals surface area contributed by atoms with Crippen LogP contribution < -0.4 is 5.32 Å². The molecule has 0 unspecified atom stereocenters. The molecular weight excluding hydrogens is 218 g/mol. The predicted octanol–water partition coefficient (Wildman–Crippen LogP) is 0.762. The van der Waals surface area contributed by atoms with E-state index in [1.807, 2.05) is 6.07 Å². The fraction of sp³-hybridized carbons (Fsp3) is 0.417. The van der Waals surface area contributed by atoms with E-state index in [0.29, 0.717) is 11.3 Å². The van der Waals surface area contributed by atoms with Crippen molar-refractivity contribution in [2.24, 2.45) is 0 Å². The minimum Gasteiger partial charge on any atom is -0.394 e. The Morgan fingerprint density at radius 3 is 2.71 bits per heavy atom. The summed E-state index contributed by atoms with van der Waals surface area (Å²) in [6.45, 7) is 4.93. The summed E-state index contributed by atoms with van der Waals surface area (Å²) < 4.78 is 0. The van der Waals surface area contributed by atoms with E-state index >= 15 is 0 Å². The molecule has 90 valence electrons. The maximum absolute atomic E-state index is 11.8. The van der Waals surface area contributed by atoms with Gasteiger partial charge in [0.2, 0.25) is 0 Å². The Labute approximate surface area is 100 Å². The van der Waals surface area contributed by atoms with Gasteiger partial charge >= 0.3 is 0 Å². The lowest BCUT2D eigenvalue weighted by Gasteiger charge is -2.23. The maximum atomic E-state index is 11.8.